The van der Waals surface area contributed by atoms with Crippen molar-refractivity contribution in [2.75, 3.05) is 10.6 Å². The van der Waals surface area contributed by atoms with Crippen molar-refractivity contribution in [2.45, 2.75) is 26.3 Å². The fraction of sp³-hybridized carbons (Fsp3) is 0.294. The molecule has 1 aromatic carbocycles. The van der Waals surface area contributed by atoms with Crippen molar-refractivity contribution in [2.24, 2.45) is 5.92 Å². The van der Waals surface area contributed by atoms with Gasteiger partial charge in [0.15, 0.2) is 0 Å². The van der Waals surface area contributed by atoms with Crippen LogP contribution < -0.4 is 10.6 Å². The van der Waals surface area contributed by atoms with E-state index in [-0.39, 0.29) is 11.8 Å². The van der Waals surface area contributed by atoms with E-state index >= 15 is 0 Å². The lowest BCUT2D eigenvalue weighted by molar-refractivity contribution is -0.117. The fourth-order valence-electron chi connectivity index (χ4n) is 2.18. The molecule has 2 N–H and O–H groups in total. The van der Waals surface area contributed by atoms with Crippen molar-refractivity contribution in [3.63, 3.8) is 0 Å². The van der Waals surface area contributed by atoms with Crippen LogP contribution in [-0.2, 0) is 11.3 Å². The van der Waals surface area contributed by atoms with E-state index in [2.05, 4.69) is 22.5 Å². The first-order valence-corrected chi connectivity index (χ1v) is 7.26. The Labute approximate surface area is 124 Å². The second kappa shape index (κ2) is 5.95. The maximum atomic E-state index is 11.8. The summed E-state index contributed by atoms with van der Waals surface area (Å²) in [6.07, 6.45) is 5.61. The standard InChI is InChI=1S/C17H19N3O/c1-12-2-5-15(20-17(21)14-3-4-14)10-16(12)19-11-13-6-8-18-9-7-13/h2,5-10,14,19H,3-4,11H2,1H3,(H,20,21). The van der Waals surface area contributed by atoms with E-state index in [9.17, 15) is 4.79 Å². The molecular formula is C17H19N3O. The van der Waals surface area contributed by atoms with Crippen LogP contribution in [0.5, 0.6) is 0 Å². The minimum Gasteiger partial charge on any atom is -0.381 e. The molecule has 1 heterocycles. The highest BCUT2D eigenvalue weighted by molar-refractivity contribution is 5.94. The van der Waals surface area contributed by atoms with Crippen LogP contribution >= 0.6 is 0 Å². The minimum absolute atomic E-state index is 0.138. The smallest absolute Gasteiger partial charge is 0.227 e. The molecule has 1 saturated carbocycles. The number of hydrogen-bond acceptors (Lipinski definition) is 3. The number of aromatic nitrogens is 1. The highest BCUT2D eigenvalue weighted by Gasteiger charge is 2.29. The van der Waals surface area contributed by atoms with Crippen LogP contribution in [-0.4, -0.2) is 10.9 Å². The minimum atomic E-state index is 0.138. The first-order valence-electron chi connectivity index (χ1n) is 7.26. The van der Waals surface area contributed by atoms with Crippen LogP contribution in [0.4, 0.5) is 11.4 Å². The average Bonchev–Trinajstić information content (AvgIpc) is 3.33. The van der Waals surface area contributed by atoms with Crippen molar-refractivity contribution < 1.29 is 4.79 Å². The SMILES string of the molecule is Cc1ccc(NC(=O)C2CC2)cc1NCc1ccncc1. The van der Waals surface area contributed by atoms with E-state index in [1.165, 1.54) is 5.56 Å². The van der Waals surface area contributed by atoms with Gasteiger partial charge in [-0.2, -0.15) is 0 Å². The fourth-order valence-corrected chi connectivity index (χ4v) is 2.18. The summed E-state index contributed by atoms with van der Waals surface area (Å²) in [4.78, 5) is 15.8. The molecule has 0 unspecified atom stereocenters. The number of nitrogens with one attached hydrogen (secondary N) is 2. The number of nitrogens with zero attached hydrogens (tertiary/aromatic N) is 1. The Morgan fingerprint density at radius 2 is 2.00 bits per heavy atom. The molecule has 0 saturated heterocycles. The molecule has 2 aromatic rings. The zero-order valence-corrected chi connectivity index (χ0v) is 12.1. The van der Waals surface area contributed by atoms with Crippen LogP contribution in [0.25, 0.3) is 0 Å². The average molecular weight is 281 g/mol. The van der Waals surface area contributed by atoms with Gasteiger partial charge in [-0.15, -0.1) is 0 Å². The topological polar surface area (TPSA) is 54.0 Å². The van der Waals surface area contributed by atoms with Crippen molar-refractivity contribution in [1.82, 2.24) is 4.98 Å². The van der Waals surface area contributed by atoms with Gasteiger partial charge in [0, 0.05) is 36.2 Å². The third-order valence-corrected chi connectivity index (χ3v) is 3.69. The second-order valence-electron chi connectivity index (χ2n) is 5.50. The molecule has 108 valence electrons. The number of anilines is 2. The molecule has 0 aliphatic heterocycles. The Balaban J connectivity index is 1.67. The third-order valence-electron chi connectivity index (χ3n) is 3.69. The van der Waals surface area contributed by atoms with Crippen LogP contribution in [0.3, 0.4) is 0 Å². The summed E-state index contributed by atoms with van der Waals surface area (Å²) in [5.41, 5.74) is 4.24. The lowest BCUT2D eigenvalue weighted by Gasteiger charge is -2.12. The summed E-state index contributed by atoms with van der Waals surface area (Å²) in [6.45, 7) is 2.80. The van der Waals surface area contributed by atoms with Gasteiger partial charge in [0.05, 0.1) is 0 Å². The molecule has 1 fully saturated rings. The van der Waals surface area contributed by atoms with Gasteiger partial charge < -0.3 is 10.6 Å². The molecule has 0 spiro atoms. The van der Waals surface area contributed by atoms with E-state index < -0.39 is 0 Å². The molecule has 1 aliphatic rings. The molecule has 1 aromatic heterocycles. The molecule has 4 heteroatoms. The number of benzene rings is 1. The van der Waals surface area contributed by atoms with Gasteiger partial charge in [-0.05, 0) is 55.2 Å². The summed E-state index contributed by atoms with van der Waals surface area (Å²) in [6, 6.07) is 9.95. The molecule has 1 aliphatic carbocycles. The Hall–Kier alpha value is -2.36. The van der Waals surface area contributed by atoms with Crippen LogP contribution in [0.15, 0.2) is 42.7 Å². The summed E-state index contributed by atoms with van der Waals surface area (Å²) < 4.78 is 0. The van der Waals surface area contributed by atoms with Crippen molar-refractivity contribution in [3.05, 3.63) is 53.9 Å². The predicted octanol–water partition coefficient (Wildman–Crippen LogP) is 3.35. The largest absolute Gasteiger partial charge is 0.381 e. The van der Waals surface area contributed by atoms with Crippen LogP contribution in [0, 0.1) is 12.8 Å². The van der Waals surface area contributed by atoms with Crippen molar-refractivity contribution in [1.29, 1.82) is 0 Å². The van der Waals surface area contributed by atoms with Crippen LogP contribution in [0.1, 0.15) is 24.0 Å². The molecule has 1 amide bonds. The Kier molecular flexibility index (Phi) is 3.86. The van der Waals surface area contributed by atoms with Gasteiger partial charge in [-0.1, -0.05) is 6.07 Å². The number of aryl methyl sites for hydroxylation is 1. The molecular weight excluding hydrogens is 262 g/mol. The van der Waals surface area contributed by atoms with E-state index in [1.807, 2.05) is 30.3 Å². The van der Waals surface area contributed by atoms with Gasteiger partial charge >= 0.3 is 0 Å². The zero-order valence-electron chi connectivity index (χ0n) is 12.1. The normalized spacial score (nSPS) is 13.8. The summed E-state index contributed by atoms with van der Waals surface area (Å²) >= 11 is 0. The molecule has 3 rings (SSSR count). The predicted molar refractivity (Wildman–Crippen MR) is 84.1 cm³/mol. The Bertz CT molecular complexity index is 636. The number of hydrogen-bond donors (Lipinski definition) is 2. The van der Waals surface area contributed by atoms with Gasteiger partial charge in [0.25, 0.3) is 0 Å². The highest BCUT2D eigenvalue weighted by Crippen LogP contribution is 2.30. The van der Waals surface area contributed by atoms with Crippen molar-refractivity contribution in [3.8, 4) is 0 Å². The van der Waals surface area contributed by atoms with E-state index in [0.29, 0.717) is 0 Å². The maximum Gasteiger partial charge on any atom is 0.227 e. The lowest BCUT2D eigenvalue weighted by Crippen LogP contribution is -2.13. The summed E-state index contributed by atoms with van der Waals surface area (Å²) in [7, 11) is 0. The van der Waals surface area contributed by atoms with Gasteiger partial charge in [-0.3, -0.25) is 9.78 Å². The van der Waals surface area contributed by atoms with Gasteiger partial charge in [-0.25, -0.2) is 0 Å². The van der Waals surface area contributed by atoms with Gasteiger partial charge in [0.2, 0.25) is 5.91 Å². The Morgan fingerprint density at radius 1 is 1.24 bits per heavy atom. The molecule has 0 radical (unpaired) electrons. The molecule has 4 nitrogen and oxygen atoms in total. The first kappa shape index (κ1) is 13.6. The summed E-state index contributed by atoms with van der Waals surface area (Å²) in [5, 5.41) is 6.39. The highest BCUT2D eigenvalue weighted by atomic mass is 16.2. The Morgan fingerprint density at radius 3 is 2.71 bits per heavy atom. The van der Waals surface area contributed by atoms with E-state index in [4.69, 9.17) is 0 Å². The second-order valence-corrected chi connectivity index (χ2v) is 5.50. The molecule has 21 heavy (non-hydrogen) atoms. The first-order chi connectivity index (χ1) is 10.2. The number of rotatable bonds is 5. The van der Waals surface area contributed by atoms with Gasteiger partial charge in [0.1, 0.15) is 0 Å². The molecule has 0 atom stereocenters. The maximum absolute atomic E-state index is 11.8. The zero-order chi connectivity index (χ0) is 14.7. The monoisotopic (exact) mass is 281 g/mol. The number of pyridine rings is 1. The number of carbonyl (C=O) groups excluding carboxylic acids is 1. The van der Waals surface area contributed by atoms with Crippen molar-refractivity contribution >= 4 is 17.3 Å². The van der Waals surface area contributed by atoms with E-state index in [1.54, 1.807) is 12.4 Å². The number of carbonyl (C=O) groups is 1. The molecule has 0 bridgehead atoms. The lowest BCUT2D eigenvalue weighted by atomic mass is 10.1. The number of amides is 1. The van der Waals surface area contributed by atoms with Crippen LogP contribution in [0.2, 0.25) is 0 Å². The quantitative estimate of drug-likeness (QED) is 0.883. The van der Waals surface area contributed by atoms with E-state index in [0.717, 1.165) is 36.3 Å². The third kappa shape index (κ3) is 3.60. The summed E-state index contributed by atoms with van der Waals surface area (Å²) in [5.74, 6) is 0.360.